The third kappa shape index (κ3) is 2.43. The maximum absolute atomic E-state index is 5.84. The van der Waals surface area contributed by atoms with Crippen molar-refractivity contribution in [1.29, 1.82) is 0 Å². The third-order valence-corrected chi connectivity index (χ3v) is 4.19. The molecule has 6 nitrogen and oxygen atoms in total. The Morgan fingerprint density at radius 3 is 2.75 bits per heavy atom. The first-order chi connectivity index (χ1) is 9.59. The predicted octanol–water partition coefficient (Wildman–Crippen LogP) is 1.94. The molecule has 0 spiro atoms. The van der Waals surface area contributed by atoms with Crippen LogP contribution in [-0.4, -0.2) is 34.8 Å². The normalized spacial score (nSPS) is 18.4. The number of piperidine rings is 1. The van der Waals surface area contributed by atoms with Crippen molar-refractivity contribution in [2.45, 2.75) is 26.7 Å². The molecule has 20 heavy (non-hydrogen) atoms. The molecule has 0 bridgehead atoms. The first kappa shape index (κ1) is 13.2. The Balaban J connectivity index is 1.72. The van der Waals surface area contributed by atoms with Crippen LogP contribution in [0, 0.1) is 12.3 Å². The molecule has 0 amide bonds. The fourth-order valence-corrected chi connectivity index (χ4v) is 2.52. The van der Waals surface area contributed by atoms with E-state index in [-0.39, 0.29) is 5.41 Å². The molecule has 2 aromatic heterocycles. The molecule has 1 aliphatic rings. The molecular formula is C14H21N5O. The third-order valence-electron chi connectivity index (χ3n) is 4.19. The largest absolute Gasteiger partial charge is 0.458 e. The summed E-state index contributed by atoms with van der Waals surface area (Å²) in [5.74, 6) is 3.02. The van der Waals surface area contributed by atoms with Crippen LogP contribution in [0.5, 0.6) is 0 Å². The van der Waals surface area contributed by atoms with Crippen LogP contribution in [-0.2, 0) is 0 Å². The number of rotatable bonds is 3. The lowest BCUT2D eigenvalue weighted by molar-refractivity contribution is 0.257. The maximum Gasteiger partial charge on any atom is 0.245 e. The quantitative estimate of drug-likeness (QED) is 0.894. The Morgan fingerprint density at radius 1 is 1.40 bits per heavy atom. The fraction of sp³-hybridized carbons (Fsp3) is 0.571. The van der Waals surface area contributed by atoms with Gasteiger partial charge in [0.2, 0.25) is 5.95 Å². The second kappa shape index (κ2) is 4.94. The van der Waals surface area contributed by atoms with Gasteiger partial charge in [0.05, 0.1) is 0 Å². The number of aromatic nitrogens is 3. The van der Waals surface area contributed by atoms with E-state index in [9.17, 15) is 0 Å². The number of H-pyrrole nitrogens is 1. The van der Waals surface area contributed by atoms with E-state index < -0.39 is 0 Å². The molecule has 1 aliphatic heterocycles. The van der Waals surface area contributed by atoms with Gasteiger partial charge in [-0.2, -0.15) is 4.98 Å². The van der Waals surface area contributed by atoms with Crippen molar-refractivity contribution in [3.05, 3.63) is 17.9 Å². The number of nitrogens with two attached hydrogens (primary N) is 1. The summed E-state index contributed by atoms with van der Waals surface area (Å²) in [6.07, 6.45) is 2.15. The number of aromatic amines is 1. The van der Waals surface area contributed by atoms with Gasteiger partial charge in [-0.25, -0.2) is 0 Å². The molecule has 0 unspecified atom stereocenters. The van der Waals surface area contributed by atoms with Gasteiger partial charge in [0.15, 0.2) is 11.6 Å². The Kier molecular flexibility index (Phi) is 3.25. The average Bonchev–Trinajstić information content (AvgIpc) is 3.08. The Morgan fingerprint density at radius 2 is 2.15 bits per heavy atom. The number of hydrogen-bond donors (Lipinski definition) is 2. The van der Waals surface area contributed by atoms with Gasteiger partial charge in [-0.1, -0.05) is 6.92 Å². The van der Waals surface area contributed by atoms with Crippen molar-refractivity contribution in [2.75, 3.05) is 24.5 Å². The second-order valence-electron chi connectivity index (χ2n) is 5.90. The molecule has 0 atom stereocenters. The van der Waals surface area contributed by atoms with Gasteiger partial charge in [-0.3, -0.25) is 5.10 Å². The number of nitrogens with one attached hydrogen (secondary N) is 1. The van der Waals surface area contributed by atoms with Crippen molar-refractivity contribution in [2.24, 2.45) is 11.1 Å². The lowest BCUT2D eigenvalue weighted by Gasteiger charge is -2.38. The van der Waals surface area contributed by atoms with Gasteiger partial charge in [-0.15, -0.1) is 5.10 Å². The maximum atomic E-state index is 5.84. The summed E-state index contributed by atoms with van der Waals surface area (Å²) < 4.78 is 5.55. The van der Waals surface area contributed by atoms with Gasteiger partial charge in [0.25, 0.3) is 0 Å². The highest BCUT2D eigenvalue weighted by Gasteiger charge is 2.30. The van der Waals surface area contributed by atoms with Crippen LogP contribution in [0.15, 0.2) is 16.5 Å². The molecule has 2 aromatic rings. The molecule has 0 saturated carbocycles. The summed E-state index contributed by atoms with van der Waals surface area (Å²) in [7, 11) is 0. The van der Waals surface area contributed by atoms with Gasteiger partial charge >= 0.3 is 0 Å². The van der Waals surface area contributed by atoms with Crippen molar-refractivity contribution >= 4 is 5.95 Å². The van der Waals surface area contributed by atoms with Gasteiger partial charge in [0.1, 0.15) is 5.76 Å². The first-order valence-electron chi connectivity index (χ1n) is 7.04. The van der Waals surface area contributed by atoms with E-state index in [1.54, 1.807) is 0 Å². The van der Waals surface area contributed by atoms with Crippen LogP contribution in [0.3, 0.4) is 0 Å². The lowest BCUT2D eigenvalue weighted by atomic mass is 9.81. The lowest BCUT2D eigenvalue weighted by Crippen LogP contribution is -2.42. The number of furan rings is 1. The van der Waals surface area contributed by atoms with Crippen LogP contribution in [0.1, 0.15) is 25.5 Å². The van der Waals surface area contributed by atoms with E-state index in [0.29, 0.717) is 5.82 Å². The average molecular weight is 275 g/mol. The summed E-state index contributed by atoms with van der Waals surface area (Å²) in [5.41, 5.74) is 6.09. The molecule has 0 aliphatic carbocycles. The summed E-state index contributed by atoms with van der Waals surface area (Å²) in [5, 5.41) is 7.24. The van der Waals surface area contributed by atoms with Crippen LogP contribution < -0.4 is 10.6 Å². The zero-order valence-electron chi connectivity index (χ0n) is 12.0. The Bertz CT molecular complexity index is 580. The van der Waals surface area contributed by atoms with E-state index in [2.05, 4.69) is 27.0 Å². The first-order valence-corrected chi connectivity index (χ1v) is 7.04. The Hall–Kier alpha value is -1.82. The molecule has 0 radical (unpaired) electrons. The number of aryl methyl sites for hydroxylation is 1. The van der Waals surface area contributed by atoms with Gasteiger partial charge in [0, 0.05) is 13.1 Å². The predicted molar refractivity (Wildman–Crippen MR) is 77.4 cm³/mol. The van der Waals surface area contributed by atoms with E-state index in [0.717, 1.165) is 49.9 Å². The van der Waals surface area contributed by atoms with Gasteiger partial charge < -0.3 is 15.1 Å². The highest BCUT2D eigenvalue weighted by molar-refractivity contribution is 5.49. The number of hydrogen-bond acceptors (Lipinski definition) is 5. The van der Waals surface area contributed by atoms with Crippen LogP contribution in [0.2, 0.25) is 0 Å². The number of anilines is 1. The van der Waals surface area contributed by atoms with Crippen molar-refractivity contribution in [1.82, 2.24) is 15.2 Å². The van der Waals surface area contributed by atoms with Gasteiger partial charge in [-0.05, 0) is 43.9 Å². The fourth-order valence-electron chi connectivity index (χ4n) is 2.52. The molecule has 3 heterocycles. The zero-order valence-corrected chi connectivity index (χ0v) is 12.0. The van der Waals surface area contributed by atoms with E-state index in [4.69, 9.17) is 10.2 Å². The summed E-state index contributed by atoms with van der Waals surface area (Å²) in [4.78, 5) is 6.73. The van der Waals surface area contributed by atoms with E-state index in [1.165, 1.54) is 0 Å². The van der Waals surface area contributed by atoms with Crippen LogP contribution in [0.4, 0.5) is 5.95 Å². The molecule has 108 valence electrons. The topological polar surface area (TPSA) is 84.0 Å². The SMILES string of the molecule is Cc1ccc(-c2nc(N3CCC(C)(CN)CC3)n[nH]2)o1. The minimum atomic E-state index is 0.258. The molecule has 0 aromatic carbocycles. The van der Waals surface area contributed by atoms with Crippen LogP contribution in [0.25, 0.3) is 11.6 Å². The second-order valence-corrected chi connectivity index (χ2v) is 5.90. The summed E-state index contributed by atoms with van der Waals surface area (Å²) in [6, 6.07) is 3.83. The highest BCUT2D eigenvalue weighted by Crippen LogP contribution is 2.31. The standard InChI is InChI=1S/C14H21N5O/c1-10-3-4-11(20-10)12-16-13(18-17-12)19-7-5-14(2,9-15)6-8-19/h3-4H,5-9,15H2,1-2H3,(H,16,17,18). The molecular weight excluding hydrogens is 254 g/mol. The minimum absolute atomic E-state index is 0.258. The van der Waals surface area contributed by atoms with Crippen molar-refractivity contribution < 1.29 is 4.42 Å². The minimum Gasteiger partial charge on any atom is -0.458 e. The smallest absolute Gasteiger partial charge is 0.245 e. The van der Waals surface area contributed by atoms with E-state index >= 15 is 0 Å². The monoisotopic (exact) mass is 275 g/mol. The molecule has 3 N–H and O–H groups in total. The molecule has 1 saturated heterocycles. The van der Waals surface area contributed by atoms with Crippen molar-refractivity contribution in [3.63, 3.8) is 0 Å². The highest BCUT2D eigenvalue weighted by atomic mass is 16.3. The molecule has 3 rings (SSSR count). The summed E-state index contributed by atoms with van der Waals surface area (Å²) in [6.45, 7) is 6.80. The molecule has 1 fully saturated rings. The molecule has 6 heteroatoms. The Labute approximate surface area is 118 Å². The van der Waals surface area contributed by atoms with Crippen molar-refractivity contribution in [3.8, 4) is 11.6 Å². The zero-order chi connectivity index (χ0) is 14.2. The summed E-state index contributed by atoms with van der Waals surface area (Å²) >= 11 is 0. The number of nitrogens with zero attached hydrogens (tertiary/aromatic N) is 3. The van der Waals surface area contributed by atoms with Crippen LogP contribution >= 0.6 is 0 Å². The van der Waals surface area contributed by atoms with E-state index in [1.807, 2.05) is 19.1 Å².